The number of isothiocyanates is 1. The molecule has 0 aromatic carbocycles. The van der Waals surface area contributed by atoms with E-state index in [0.717, 1.165) is 25.2 Å². The maximum absolute atomic E-state index is 4.47. The van der Waals surface area contributed by atoms with E-state index >= 15 is 0 Å². The first kappa shape index (κ1) is 10.1. The molecule has 0 aliphatic carbocycles. The van der Waals surface area contributed by atoms with Crippen LogP contribution in [0.1, 0.15) is 17.8 Å². The van der Waals surface area contributed by atoms with Crippen LogP contribution in [0.2, 0.25) is 0 Å². The van der Waals surface area contributed by atoms with Crippen molar-refractivity contribution in [3.05, 3.63) is 17.5 Å². The largest absolute Gasteiger partial charge is 0.270 e. The molecule has 1 rings (SSSR count). The average Bonchev–Trinajstić information content (AvgIpc) is 2.39. The van der Waals surface area contributed by atoms with Crippen LogP contribution in [-0.2, 0) is 6.54 Å². The fraction of sp³-hybridized carbons (Fsp3) is 0.556. The molecule has 0 unspecified atom stereocenters. The molecule has 3 nitrogen and oxygen atoms in total. The minimum absolute atomic E-state index is 0.738. The van der Waals surface area contributed by atoms with Gasteiger partial charge in [-0.05, 0) is 38.6 Å². The molecular weight excluding hydrogens is 182 g/mol. The molecule has 1 heterocycles. The molecule has 0 saturated carbocycles. The van der Waals surface area contributed by atoms with Crippen molar-refractivity contribution in [3.8, 4) is 0 Å². The van der Waals surface area contributed by atoms with E-state index < -0.39 is 0 Å². The molecule has 0 atom stereocenters. The molecule has 70 valence electrons. The van der Waals surface area contributed by atoms with Crippen molar-refractivity contribution in [1.29, 1.82) is 0 Å². The first-order valence-corrected chi connectivity index (χ1v) is 4.69. The Morgan fingerprint density at radius 3 is 2.92 bits per heavy atom. The van der Waals surface area contributed by atoms with Crippen LogP contribution < -0.4 is 0 Å². The van der Waals surface area contributed by atoms with Gasteiger partial charge in [-0.3, -0.25) is 4.68 Å². The van der Waals surface area contributed by atoms with Crippen LogP contribution in [0.3, 0.4) is 0 Å². The Kier molecular flexibility index (Phi) is 3.80. The summed E-state index contributed by atoms with van der Waals surface area (Å²) in [6.07, 6.45) is 0.964. The van der Waals surface area contributed by atoms with Gasteiger partial charge in [0.05, 0.1) is 17.4 Å². The topological polar surface area (TPSA) is 30.2 Å². The van der Waals surface area contributed by atoms with Crippen LogP contribution in [0.4, 0.5) is 0 Å². The third-order valence-corrected chi connectivity index (χ3v) is 1.94. The van der Waals surface area contributed by atoms with Crippen LogP contribution in [-0.4, -0.2) is 21.5 Å². The van der Waals surface area contributed by atoms with E-state index in [4.69, 9.17) is 0 Å². The highest BCUT2D eigenvalue weighted by molar-refractivity contribution is 7.78. The average molecular weight is 195 g/mol. The highest BCUT2D eigenvalue weighted by Gasteiger charge is 1.98. The SMILES string of the molecule is Cc1cc(C)n(CCCN=C=S)n1. The molecule has 1 aromatic heterocycles. The van der Waals surface area contributed by atoms with Crippen molar-refractivity contribution in [2.45, 2.75) is 26.8 Å². The minimum atomic E-state index is 0.738. The molecule has 0 radical (unpaired) electrons. The Bertz CT molecular complexity index is 324. The molecule has 0 bridgehead atoms. The summed E-state index contributed by atoms with van der Waals surface area (Å²) in [4.78, 5) is 3.85. The highest BCUT2D eigenvalue weighted by atomic mass is 32.1. The molecule has 0 amide bonds. The minimum Gasteiger partial charge on any atom is -0.270 e. The van der Waals surface area contributed by atoms with E-state index in [1.165, 1.54) is 5.69 Å². The number of aryl methyl sites for hydroxylation is 3. The van der Waals surface area contributed by atoms with Gasteiger partial charge in [-0.15, -0.1) is 0 Å². The summed E-state index contributed by atoms with van der Waals surface area (Å²) in [5.74, 6) is 0. The van der Waals surface area contributed by atoms with Gasteiger partial charge in [-0.2, -0.15) is 5.10 Å². The van der Waals surface area contributed by atoms with Crippen molar-refractivity contribution < 1.29 is 0 Å². The Balaban J connectivity index is 2.44. The van der Waals surface area contributed by atoms with E-state index in [9.17, 15) is 0 Å². The summed E-state index contributed by atoms with van der Waals surface area (Å²) < 4.78 is 1.99. The van der Waals surface area contributed by atoms with Crippen LogP contribution in [0, 0.1) is 13.8 Å². The second-order valence-electron chi connectivity index (χ2n) is 2.98. The van der Waals surface area contributed by atoms with Crippen molar-refractivity contribution in [2.24, 2.45) is 4.99 Å². The first-order valence-electron chi connectivity index (χ1n) is 4.28. The Morgan fingerprint density at radius 1 is 1.62 bits per heavy atom. The van der Waals surface area contributed by atoms with Crippen molar-refractivity contribution in [3.63, 3.8) is 0 Å². The van der Waals surface area contributed by atoms with E-state index in [1.54, 1.807) is 0 Å². The molecule has 0 aliphatic rings. The molecule has 0 spiro atoms. The lowest BCUT2D eigenvalue weighted by molar-refractivity contribution is 0.569. The molecule has 4 heteroatoms. The number of aliphatic imine (C=N–C) groups is 1. The monoisotopic (exact) mass is 195 g/mol. The predicted molar refractivity (Wildman–Crippen MR) is 56.2 cm³/mol. The maximum Gasteiger partial charge on any atom is 0.0596 e. The summed E-state index contributed by atoms with van der Waals surface area (Å²) in [5, 5.41) is 6.69. The molecule has 0 saturated heterocycles. The predicted octanol–water partition coefficient (Wildman–Crippen LogP) is 1.99. The molecule has 1 aromatic rings. The van der Waals surface area contributed by atoms with E-state index in [2.05, 4.69) is 40.5 Å². The number of rotatable bonds is 4. The molecule has 0 aliphatic heterocycles. The number of aromatic nitrogens is 2. The number of nitrogens with zero attached hydrogens (tertiary/aromatic N) is 3. The molecule has 0 N–H and O–H groups in total. The summed E-state index contributed by atoms with van der Waals surface area (Å²) >= 11 is 4.47. The van der Waals surface area contributed by atoms with Crippen molar-refractivity contribution in [2.75, 3.05) is 6.54 Å². The normalized spacial score (nSPS) is 9.69. The summed E-state index contributed by atoms with van der Waals surface area (Å²) in [5.41, 5.74) is 2.26. The highest BCUT2D eigenvalue weighted by Crippen LogP contribution is 2.02. The lowest BCUT2D eigenvalue weighted by Crippen LogP contribution is -2.03. The second kappa shape index (κ2) is 4.90. The Labute approximate surface area is 83.5 Å². The second-order valence-corrected chi connectivity index (χ2v) is 3.16. The quantitative estimate of drug-likeness (QED) is 0.418. The van der Waals surface area contributed by atoms with Crippen molar-refractivity contribution in [1.82, 2.24) is 9.78 Å². The summed E-state index contributed by atoms with van der Waals surface area (Å²) in [6.45, 7) is 5.70. The van der Waals surface area contributed by atoms with Gasteiger partial charge in [0.25, 0.3) is 0 Å². The van der Waals surface area contributed by atoms with Gasteiger partial charge in [-0.25, -0.2) is 4.99 Å². The summed E-state index contributed by atoms with van der Waals surface area (Å²) in [7, 11) is 0. The first-order chi connectivity index (χ1) is 6.24. The number of thiocarbonyl (C=S) groups is 1. The standard InChI is InChI=1S/C9H13N3S/c1-8-6-9(2)12(11-8)5-3-4-10-7-13/h6H,3-5H2,1-2H3. The van der Waals surface area contributed by atoms with E-state index in [1.807, 2.05) is 11.6 Å². The molecule has 13 heavy (non-hydrogen) atoms. The fourth-order valence-electron chi connectivity index (χ4n) is 1.25. The fourth-order valence-corrected chi connectivity index (χ4v) is 1.34. The lowest BCUT2D eigenvalue weighted by Gasteiger charge is -2.00. The van der Waals surface area contributed by atoms with Crippen molar-refractivity contribution >= 4 is 17.4 Å². The zero-order valence-corrected chi connectivity index (χ0v) is 8.77. The van der Waals surface area contributed by atoms with Gasteiger partial charge in [0, 0.05) is 12.2 Å². The van der Waals surface area contributed by atoms with Crippen LogP contribution in [0.25, 0.3) is 0 Å². The number of hydrogen-bond acceptors (Lipinski definition) is 3. The Morgan fingerprint density at radius 2 is 2.38 bits per heavy atom. The molecular formula is C9H13N3S. The third-order valence-electron chi connectivity index (χ3n) is 1.81. The van der Waals surface area contributed by atoms with E-state index in [0.29, 0.717) is 0 Å². The lowest BCUT2D eigenvalue weighted by atomic mass is 10.4. The third kappa shape index (κ3) is 3.09. The van der Waals surface area contributed by atoms with Gasteiger partial charge in [-0.1, -0.05) is 0 Å². The van der Waals surface area contributed by atoms with Gasteiger partial charge < -0.3 is 0 Å². The van der Waals surface area contributed by atoms with Gasteiger partial charge in [0.15, 0.2) is 0 Å². The van der Waals surface area contributed by atoms with Gasteiger partial charge in [0.2, 0.25) is 0 Å². The van der Waals surface area contributed by atoms with Crippen LogP contribution in [0.15, 0.2) is 11.1 Å². The summed E-state index contributed by atoms with van der Waals surface area (Å²) in [6, 6.07) is 2.07. The number of hydrogen-bond donors (Lipinski definition) is 0. The van der Waals surface area contributed by atoms with Gasteiger partial charge >= 0.3 is 0 Å². The van der Waals surface area contributed by atoms with Crippen LogP contribution in [0.5, 0.6) is 0 Å². The zero-order valence-electron chi connectivity index (χ0n) is 7.95. The zero-order chi connectivity index (χ0) is 9.68. The Hall–Kier alpha value is -0.990. The maximum atomic E-state index is 4.47. The van der Waals surface area contributed by atoms with Gasteiger partial charge in [0.1, 0.15) is 0 Å². The van der Waals surface area contributed by atoms with Crippen LogP contribution >= 0.6 is 12.2 Å². The molecule has 0 fully saturated rings. The smallest absolute Gasteiger partial charge is 0.0596 e. The van der Waals surface area contributed by atoms with E-state index in [-0.39, 0.29) is 0 Å².